The zero-order chi connectivity index (χ0) is 36.7. The summed E-state index contributed by atoms with van der Waals surface area (Å²) in [6, 6.07) is 62.8. The van der Waals surface area contributed by atoms with Gasteiger partial charge in [-0.05, 0) is 74.5 Å². The smallest absolute Gasteiger partial charge is 0.0978 e. The van der Waals surface area contributed by atoms with Crippen molar-refractivity contribution in [1.29, 1.82) is 0 Å². The van der Waals surface area contributed by atoms with E-state index in [1.165, 1.54) is 44.0 Å². The Labute approximate surface area is 319 Å². The van der Waals surface area contributed by atoms with Crippen LogP contribution in [-0.2, 0) is 5.41 Å². The average molecular weight is 702 g/mol. The number of rotatable bonds is 4. The molecule has 1 aliphatic rings. The van der Waals surface area contributed by atoms with Crippen LogP contribution in [0.15, 0.2) is 176 Å². The molecule has 0 unspecified atom stereocenters. The number of hydrogen-bond donors (Lipinski definition) is 0. The molecule has 258 valence electrons. The Morgan fingerprint density at radius 1 is 0.418 bits per heavy atom. The number of pyridine rings is 3. The Morgan fingerprint density at radius 3 is 1.80 bits per heavy atom. The first-order valence-electron chi connectivity index (χ1n) is 18.9. The second kappa shape index (κ2) is 12.0. The third kappa shape index (κ3) is 4.86. The van der Waals surface area contributed by atoms with E-state index >= 15 is 0 Å². The van der Waals surface area contributed by atoms with Crippen molar-refractivity contribution in [3.8, 4) is 56.0 Å². The normalized spacial score (nSPS) is 13.1. The van der Waals surface area contributed by atoms with Crippen LogP contribution in [0.4, 0.5) is 0 Å². The minimum absolute atomic E-state index is 0.222. The van der Waals surface area contributed by atoms with Gasteiger partial charge in [0.1, 0.15) is 0 Å². The van der Waals surface area contributed by atoms with Crippen molar-refractivity contribution in [3.05, 3.63) is 187 Å². The van der Waals surface area contributed by atoms with Gasteiger partial charge in [0.05, 0.1) is 33.6 Å². The summed E-state index contributed by atoms with van der Waals surface area (Å²) in [6.45, 7) is 4.70. The lowest BCUT2D eigenvalue weighted by Crippen LogP contribution is -2.16. The van der Waals surface area contributed by atoms with E-state index in [9.17, 15) is 0 Å². The molecule has 0 N–H and O–H groups in total. The molecule has 0 saturated carbocycles. The number of nitrogens with zero attached hydrogens (tertiary/aromatic N) is 3. The number of benzene rings is 7. The largest absolute Gasteiger partial charge is 0.247 e. The molecule has 3 heterocycles. The third-order valence-corrected chi connectivity index (χ3v) is 11.6. The summed E-state index contributed by atoms with van der Waals surface area (Å²) in [4.78, 5) is 16.0. The minimum atomic E-state index is -0.222. The van der Waals surface area contributed by atoms with E-state index in [4.69, 9.17) is 15.0 Å². The second-order valence-electron chi connectivity index (χ2n) is 15.2. The highest BCUT2D eigenvalue weighted by Gasteiger charge is 2.39. The van der Waals surface area contributed by atoms with Gasteiger partial charge in [0.15, 0.2) is 0 Å². The SMILES string of the molecule is CC1(C)c2ccccc2-c2nc3ccc4ccccc4c3c(-c3ccc(-c4cc5ccc(-c6ccccc6)nc5c5nc(-c6ccccc6)ccc45)cc3)c21. The maximum atomic E-state index is 5.40. The van der Waals surface area contributed by atoms with Gasteiger partial charge < -0.3 is 0 Å². The lowest BCUT2D eigenvalue weighted by atomic mass is 9.78. The molecule has 0 bridgehead atoms. The molecule has 0 amide bonds. The molecular weight excluding hydrogens is 667 g/mol. The summed E-state index contributed by atoms with van der Waals surface area (Å²) in [6.07, 6.45) is 0. The standard InChI is InChI=1S/C52H35N3/c1-52(2)42-20-12-11-19-40(42)50-48(52)46(47-38-18-10-9-13-32(38)25-29-45(47)55-50)36-23-21-33(22-24-36)41-31-37-26-28-43(34-14-5-3-6-15-34)53-49(37)51-39(41)27-30-44(54-51)35-16-7-4-8-17-35/h3-31H,1-2H3. The van der Waals surface area contributed by atoms with Gasteiger partial charge in [-0.15, -0.1) is 0 Å². The van der Waals surface area contributed by atoms with Crippen LogP contribution in [0.5, 0.6) is 0 Å². The summed E-state index contributed by atoms with van der Waals surface area (Å²) in [5, 5.41) is 5.80. The first-order chi connectivity index (χ1) is 27.0. The van der Waals surface area contributed by atoms with E-state index in [2.05, 4.69) is 178 Å². The van der Waals surface area contributed by atoms with E-state index in [-0.39, 0.29) is 5.41 Å². The summed E-state index contributed by atoms with van der Waals surface area (Å²) in [7, 11) is 0. The molecule has 0 aliphatic heterocycles. The average Bonchev–Trinajstić information content (AvgIpc) is 3.48. The highest BCUT2D eigenvalue weighted by atomic mass is 14.8. The molecule has 0 saturated heterocycles. The zero-order valence-electron chi connectivity index (χ0n) is 30.6. The topological polar surface area (TPSA) is 38.7 Å². The zero-order valence-corrected chi connectivity index (χ0v) is 30.6. The second-order valence-corrected chi connectivity index (χ2v) is 15.2. The van der Waals surface area contributed by atoms with Gasteiger partial charge in [-0.25, -0.2) is 15.0 Å². The molecule has 10 aromatic rings. The first kappa shape index (κ1) is 31.5. The van der Waals surface area contributed by atoms with Gasteiger partial charge in [-0.1, -0.05) is 159 Å². The summed E-state index contributed by atoms with van der Waals surface area (Å²) in [5.41, 5.74) is 16.3. The Balaban J connectivity index is 1.13. The van der Waals surface area contributed by atoms with Crippen LogP contribution < -0.4 is 0 Å². The summed E-state index contributed by atoms with van der Waals surface area (Å²) in [5.74, 6) is 0. The Kier molecular flexibility index (Phi) is 6.90. The fraction of sp³-hybridized carbons (Fsp3) is 0.0577. The number of hydrogen-bond acceptors (Lipinski definition) is 3. The van der Waals surface area contributed by atoms with Gasteiger partial charge in [0.25, 0.3) is 0 Å². The molecule has 0 radical (unpaired) electrons. The van der Waals surface area contributed by atoms with E-state index in [1.807, 2.05) is 12.1 Å². The fourth-order valence-electron chi connectivity index (χ4n) is 8.96. The van der Waals surface area contributed by atoms with Gasteiger partial charge in [0.2, 0.25) is 0 Å². The van der Waals surface area contributed by atoms with Gasteiger partial charge in [0, 0.05) is 38.3 Å². The van der Waals surface area contributed by atoms with Gasteiger partial charge in [-0.2, -0.15) is 0 Å². The number of fused-ring (bicyclic) bond motifs is 9. The lowest BCUT2D eigenvalue weighted by molar-refractivity contribution is 0.662. The van der Waals surface area contributed by atoms with Crippen LogP contribution >= 0.6 is 0 Å². The molecular formula is C52H35N3. The van der Waals surface area contributed by atoms with Crippen LogP contribution in [-0.4, -0.2) is 15.0 Å². The Morgan fingerprint density at radius 2 is 1.04 bits per heavy atom. The summed E-state index contributed by atoms with van der Waals surface area (Å²) < 4.78 is 0. The Bertz CT molecular complexity index is 3150. The number of aromatic nitrogens is 3. The molecule has 1 aliphatic carbocycles. The molecule has 7 aromatic carbocycles. The van der Waals surface area contributed by atoms with Crippen molar-refractivity contribution in [2.24, 2.45) is 0 Å². The van der Waals surface area contributed by atoms with E-state index in [0.29, 0.717) is 0 Å². The lowest BCUT2D eigenvalue weighted by Gasteiger charge is -2.25. The van der Waals surface area contributed by atoms with E-state index in [1.54, 1.807) is 0 Å². The van der Waals surface area contributed by atoms with Crippen LogP contribution in [0.25, 0.3) is 99.5 Å². The molecule has 0 fully saturated rings. The first-order valence-corrected chi connectivity index (χ1v) is 18.9. The molecule has 3 aromatic heterocycles. The van der Waals surface area contributed by atoms with Crippen LogP contribution in [0.3, 0.4) is 0 Å². The predicted molar refractivity (Wildman–Crippen MR) is 229 cm³/mol. The molecule has 0 atom stereocenters. The van der Waals surface area contributed by atoms with E-state index in [0.717, 1.165) is 66.7 Å². The Hall–Kier alpha value is -6.97. The van der Waals surface area contributed by atoms with Crippen molar-refractivity contribution in [2.75, 3.05) is 0 Å². The molecule has 0 spiro atoms. The van der Waals surface area contributed by atoms with Crippen molar-refractivity contribution < 1.29 is 0 Å². The summed E-state index contributed by atoms with van der Waals surface area (Å²) >= 11 is 0. The van der Waals surface area contributed by atoms with Crippen LogP contribution in [0.2, 0.25) is 0 Å². The third-order valence-electron chi connectivity index (χ3n) is 11.6. The monoisotopic (exact) mass is 701 g/mol. The maximum absolute atomic E-state index is 5.40. The molecule has 11 rings (SSSR count). The fourth-order valence-corrected chi connectivity index (χ4v) is 8.96. The van der Waals surface area contributed by atoms with Gasteiger partial charge >= 0.3 is 0 Å². The van der Waals surface area contributed by atoms with Crippen LogP contribution in [0.1, 0.15) is 25.0 Å². The quantitative estimate of drug-likeness (QED) is 0.171. The molecule has 55 heavy (non-hydrogen) atoms. The minimum Gasteiger partial charge on any atom is -0.247 e. The van der Waals surface area contributed by atoms with E-state index < -0.39 is 0 Å². The van der Waals surface area contributed by atoms with Gasteiger partial charge in [-0.3, -0.25) is 0 Å². The highest BCUT2D eigenvalue weighted by molar-refractivity contribution is 6.16. The van der Waals surface area contributed by atoms with Crippen molar-refractivity contribution >= 4 is 43.5 Å². The van der Waals surface area contributed by atoms with Crippen molar-refractivity contribution in [1.82, 2.24) is 15.0 Å². The highest BCUT2D eigenvalue weighted by Crippen LogP contribution is 2.54. The maximum Gasteiger partial charge on any atom is 0.0978 e. The van der Waals surface area contributed by atoms with Crippen molar-refractivity contribution in [2.45, 2.75) is 19.3 Å². The predicted octanol–water partition coefficient (Wildman–Crippen LogP) is 13.5. The molecule has 3 nitrogen and oxygen atoms in total. The van der Waals surface area contributed by atoms with Crippen LogP contribution in [0, 0.1) is 0 Å². The molecule has 3 heteroatoms. The van der Waals surface area contributed by atoms with Crippen molar-refractivity contribution in [3.63, 3.8) is 0 Å².